The van der Waals surface area contributed by atoms with Crippen LogP contribution in [0.3, 0.4) is 0 Å². The summed E-state index contributed by atoms with van der Waals surface area (Å²) in [6, 6.07) is 6.80. The van der Waals surface area contributed by atoms with Gasteiger partial charge in [0.15, 0.2) is 0 Å². The lowest BCUT2D eigenvalue weighted by Gasteiger charge is -2.07. The quantitative estimate of drug-likeness (QED) is 0.595. The van der Waals surface area contributed by atoms with Crippen LogP contribution in [-0.4, -0.2) is 9.49 Å². The van der Waals surface area contributed by atoms with E-state index in [1.807, 2.05) is 12.1 Å². The molecule has 0 aliphatic heterocycles. The highest BCUT2D eigenvalue weighted by Crippen LogP contribution is 2.30. The first-order chi connectivity index (χ1) is 9.54. The standard InChI is InChI=1S/C16H20N2O2/c1-4-5-10-17-11-12(2)16(13(17)3)14-6-8-15(9-7-14)18(19)20/h6-9,11H,4-5,10H2,1-3H3. The Hall–Kier alpha value is -2.10. The van der Waals surface area contributed by atoms with E-state index in [0.29, 0.717) is 0 Å². The van der Waals surface area contributed by atoms with Gasteiger partial charge in [-0.25, -0.2) is 0 Å². The third-order valence-corrected chi connectivity index (χ3v) is 3.66. The van der Waals surface area contributed by atoms with Crippen molar-refractivity contribution in [3.05, 3.63) is 51.8 Å². The molecule has 1 aromatic carbocycles. The summed E-state index contributed by atoms with van der Waals surface area (Å²) in [5, 5.41) is 10.7. The summed E-state index contributed by atoms with van der Waals surface area (Å²) in [5.41, 5.74) is 4.81. The molecule has 0 N–H and O–H groups in total. The third kappa shape index (κ3) is 2.74. The smallest absolute Gasteiger partial charge is 0.269 e. The zero-order chi connectivity index (χ0) is 14.7. The molecule has 1 heterocycles. The van der Waals surface area contributed by atoms with E-state index in [-0.39, 0.29) is 10.6 Å². The van der Waals surface area contributed by atoms with E-state index in [1.165, 1.54) is 23.2 Å². The lowest BCUT2D eigenvalue weighted by molar-refractivity contribution is -0.384. The second-order valence-electron chi connectivity index (χ2n) is 5.12. The van der Waals surface area contributed by atoms with Gasteiger partial charge in [0.1, 0.15) is 0 Å². The molecule has 0 aliphatic carbocycles. The number of hydrogen-bond donors (Lipinski definition) is 0. The van der Waals surface area contributed by atoms with Gasteiger partial charge in [-0.05, 0) is 43.5 Å². The molecule has 2 rings (SSSR count). The zero-order valence-corrected chi connectivity index (χ0v) is 12.2. The largest absolute Gasteiger partial charge is 0.351 e. The van der Waals surface area contributed by atoms with Gasteiger partial charge in [-0.3, -0.25) is 10.1 Å². The van der Waals surface area contributed by atoms with Gasteiger partial charge in [-0.2, -0.15) is 0 Å². The van der Waals surface area contributed by atoms with Crippen molar-refractivity contribution in [2.45, 2.75) is 40.2 Å². The van der Waals surface area contributed by atoms with Crippen LogP contribution in [0.5, 0.6) is 0 Å². The minimum Gasteiger partial charge on any atom is -0.351 e. The lowest BCUT2D eigenvalue weighted by atomic mass is 10.0. The van der Waals surface area contributed by atoms with Crippen LogP contribution in [0.2, 0.25) is 0 Å². The molecule has 0 spiro atoms. The zero-order valence-electron chi connectivity index (χ0n) is 12.2. The molecule has 0 bridgehead atoms. The number of unbranched alkanes of at least 4 members (excludes halogenated alkanes) is 1. The summed E-state index contributed by atoms with van der Waals surface area (Å²) in [4.78, 5) is 10.3. The van der Waals surface area contributed by atoms with Crippen molar-refractivity contribution in [1.29, 1.82) is 0 Å². The van der Waals surface area contributed by atoms with Crippen molar-refractivity contribution in [3.8, 4) is 11.1 Å². The fraction of sp³-hybridized carbons (Fsp3) is 0.375. The monoisotopic (exact) mass is 272 g/mol. The minimum atomic E-state index is -0.365. The summed E-state index contributed by atoms with van der Waals surface area (Å²) in [7, 11) is 0. The summed E-state index contributed by atoms with van der Waals surface area (Å²) in [5.74, 6) is 0. The number of nitrogens with zero attached hydrogens (tertiary/aromatic N) is 2. The van der Waals surface area contributed by atoms with Gasteiger partial charge >= 0.3 is 0 Å². The minimum absolute atomic E-state index is 0.134. The Bertz CT molecular complexity index is 612. The van der Waals surface area contributed by atoms with Gasteiger partial charge in [0.2, 0.25) is 0 Å². The molecule has 2 aromatic rings. The van der Waals surface area contributed by atoms with Crippen LogP contribution in [0.15, 0.2) is 30.5 Å². The van der Waals surface area contributed by atoms with Crippen LogP contribution in [0, 0.1) is 24.0 Å². The molecule has 0 radical (unpaired) electrons. The van der Waals surface area contributed by atoms with Crippen LogP contribution in [-0.2, 0) is 6.54 Å². The first kappa shape index (κ1) is 14.3. The van der Waals surface area contributed by atoms with E-state index in [2.05, 4.69) is 31.5 Å². The second-order valence-corrected chi connectivity index (χ2v) is 5.12. The molecule has 106 valence electrons. The van der Waals surface area contributed by atoms with Crippen molar-refractivity contribution in [2.75, 3.05) is 0 Å². The maximum Gasteiger partial charge on any atom is 0.269 e. The molecular weight excluding hydrogens is 252 g/mol. The molecule has 1 aromatic heterocycles. The average Bonchev–Trinajstić information content (AvgIpc) is 2.71. The highest BCUT2D eigenvalue weighted by molar-refractivity contribution is 5.71. The fourth-order valence-electron chi connectivity index (χ4n) is 2.57. The molecular formula is C16H20N2O2. The first-order valence-corrected chi connectivity index (χ1v) is 6.95. The Labute approximate surface area is 119 Å². The van der Waals surface area contributed by atoms with Crippen molar-refractivity contribution < 1.29 is 4.92 Å². The van der Waals surface area contributed by atoms with Crippen molar-refractivity contribution in [3.63, 3.8) is 0 Å². The number of non-ortho nitro benzene ring substituents is 1. The summed E-state index contributed by atoms with van der Waals surface area (Å²) >= 11 is 0. The van der Waals surface area contributed by atoms with E-state index in [0.717, 1.165) is 18.5 Å². The van der Waals surface area contributed by atoms with Gasteiger partial charge in [0.05, 0.1) is 4.92 Å². The average molecular weight is 272 g/mol. The Morgan fingerprint density at radius 2 is 1.85 bits per heavy atom. The topological polar surface area (TPSA) is 48.1 Å². The molecule has 4 heteroatoms. The number of benzene rings is 1. The van der Waals surface area contributed by atoms with Gasteiger partial charge in [0, 0.05) is 36.1 Å². The Morgan fingerprint density at radius 3 is 2.40 bits per heavy atom. The van der Waals surface area contributed by atoms with Crippen molar-refractivity contribution >= 4 is 5.69 Å². The Morgan fingerprint density at radius 1 is 1.20 bits per heavy atom. The number of aromatic nitrogens is 1. The summed E-state index contributed by atoms with van der Waals surface area (Å²) < 4.78 is 2.27. The number of aryl methyl sites for hydroxylation is 2. The molecule has 0 amide bonds. The molecule has 0 atom stereocenters. The van der Waals surface area contributed by atoms with Gasteiger partial charge in [-0.15, -0.1) is 0 Å². The van der Waals surface area contributed by atoms with Crippen LogP contribution < -0.4 is 0 Å². The van der Waals surface area contributed by atoms with Gasteiger partial charge in [-0.1, -0.05) is 13.3 Å². The molecule has 0 fully saturated rings. The van der Waals surface area contributed by atoms with Crippen LogP contribution in [0.25, 0.3) is 11.1 Å². The highest BCUT2D eigenvalue weighted by Gasteiger charge is 2.12. The number of rotatable bonds is 5. The number of hydrogen-bond acceptors (Lipinski definition) is 2. The highest BCUT2D eigenvalue weighted by atomic mass is 16.6. The van der Waals surface area contributed by atoms with Crippen LogP contribution >= 0.6 is 0 Å². The van der Waals surface area contributed by atoms with Crippen molar-refractivity contribution in [2.24, 2.45) is 0 Å². The third-order valence-electron chi connectivity index (χ3n) is 3.66. The predicted octanol–water partition coefficient (Wildman–Crippen LogP) is 4.48. The maximum atomic E-state index is 10.7. The molecule has 0 aliphatic rings. The van der Waals surface area contributed by atoms with Gasteiger partial charge < -0.3 is 4.57 Å². The molecule has 0 saturated heterocycles. The van der Waals surface area contributed by atoms with Crippen LogP contribution in [0.1, 0.15) is 31.0 Å². The van der Waals surface area contributed by atoms with E-state index in [9.17, 15) is 10.1 Å². The normalized spacial score (nSPS) is 10.8. The number of nitro groups is 1. The van der Waals surface area contributed by atoms with Crippen LogP contribution in [0.4, 0.5) is 5.69 Å². The Kier molecular flexibility index (Phi) is 4.23. The molecule has 0 saturated carbocycles. The van der Waals surface area contributed by atoms with Crippen molar-refractivity contribution in [1.82, 2.24) is 4.57 Å². The van der Waals surface area contributed by atoms with E-state index in [1.54, 1.807) is 12.1 Å². The van der Waals surface area contributed by atoms with E-state index < -0.39 is 0 Å². The summed E-state index contributed by atoms with van der Waals surface area (Å²) in [6.07, 6.45) is 4.50. The number of nitro benzene ring substituents is 1. The first-order valence-electron chi connectivity index (χ1n) is 6.95. The fourth-order valence-corrected chi connectivity index (χ4v) is 2.57. The molecule has 0 unspecified atom stereocenters. The predicted molar refractivity (Wildman–Crippen MR) is 80.9 cm³/mol. The summed E-state index contributed by atoms with van der Waals surface area (Å²) in [6.45, 7) is 7.41. The Balaban J connectivity index is 2.37. The van der Waals surface area contributed by atoms with Gasteiger partial charge in [0.25, 0.3) is 5.69 Å². The maximum absolute atomic E-state index is 10.7. The second kappa shape index (κ2) is 5.90. The van der Waals surface area contributed by atoms with E-state index in [4.69, 9.17) is 0 Å². The lowest BCUT2D eigenvalue weighted by Crippen LogP contribution is -1.98. The van der Waals surface area contributed by atoms with E-state index >= 15 is 0 Å². The molecule has 4 nitrogen and oxygen atoms in total. The SMILES string of the molecule is CCCCn1cc(C)c(-c2ccc([N+](=O)[O-])cc2)c1C. The molecule has 20 heavy (non-hydrogen) atoms.